The van der Waals surface area contributed by atoms with E-state index in [4.69, 9.17) is 0 Å². The molecule has 0 bridgehead atoms. The zero-order chi connectivity index (χ0) is 13.3. The summed E-state index contributed by atoms with van der Waals surface area (Å²) in [4.78, 5) is 0. The van der Waals surface area contributed by atoms with Crippen LogP contribution in [0.5, 0.6) is 0 Å². The number of fused-ring (bicyclic) bond motifs is 1. The molecule has 0 amide bonds. The molecule has 104 valence electrons. The van der Waals surface area contributed by atoms with Crippen molar-refractivity contribution in [2.75, 3.05) is 5.75 Å². The molecule has 1 N–H and O–H groups in total. The minimum absolute atomic E-state index is 0.454. The molecule has 2 aliphatic rings. The molecule has 1 aliphatic heterocycles. The van der Waals surface area contributed by atoms with Gasteiger partial charge in [-0.2, -0.15) is 11.8 Å². The quantitative estimate of drug-likeness (QED) is 0.851. The SMILES string of the molecule is CC1(C)CCCCC1NC1CSCc2ccccc21. The Bertz CT molecular complexity index is 441. The van der Waals surface area contributed by atoms with Crippen molar-refractivity contribution in [3.63, 3.8) is 0 Å². The summed E-state index contributed by atoms with van der Waals surface area (Å²) in [5.41, 5.74) is 3.53. The molecule has 2 unspecified atom stereocenters. The topological polar surface area (TPSA) is 12.0 Å². The van der Waals surface area contributed by atoms with Crippen LogP contribution in [-0.2, 0) is 5.75 Å². The predicted octanol–water partition coefficient (Wildman–Crippen LogP) is 4.53. The van der Waals surface area contributed by atoms with Crippen LogP contribution in [0.25, 0.3) is 0 Å². The molecule has 1 nitrogen and oxygen atoms in total. The maximum absolute atomic E-state index is 3.98. The second-order valence-electron chi connectivity index (χ2n) is 6.72. The van der Waals surface area contributed by atoms with Crippen LogP contribution >= 0.6 is 11.8 Å². The van der Waals surface area contributed by atoms with E-state index in [1.807, 2.05) is 0 Å². The maximum atomic E-state index is 3.98. The van der Waals surface area contributed by atoms with E-state index in [1.165, 1.54) is 42.8 Å². The van der Waals surface area contributed by atoms with Crippen molar-refractivity contribution in [2.45, 2.75) is 57.4 Å². The molecule has 1 aliphatic carbocycles. The normalized spacial score (nSPS) is 29.8. The highest BCUT2D eigenvalue weighted by molar-refractivity contribution is 7.98. The number of benzene rings is 1. The summed E-state index contributed by atoms with van der Waals surface area (Å²) in [6.07, 6.45) is 5.51. The number of hydrogen-bond acceptors (Lipinski definition) is 2. The third-order valence-electron chi connectivity index (χ3n) is 4.88. The zero-order valence-electron chi connectivity index (χ0n) is 12.1. The Hall–Kier alpha value is -0.470. The third-order valence-corrected chi connectivity index (χ3v) is 5.97. The molecule has 1 saturated carbocycles. The van der Waals surface area contributed by atoms with Crippen molar-refractivity contribution >= 4 is 11.8 Å². The molecule has 1 fully saturated rings. The van der Waals surface area contributed by atoms with Gasteiger partial charge in [0.25, 0.3) is 0 Å². The summed E-state index contributed by atoms with van der Waals surface area (Å²) in [7, 11) is 0. The lowest BCUT2D eigenvalue weighted by Crippen LogP contribution is -2.46. The van der Waals surface area contributed by atoms with Crippen LogP contribution in [0.2, 0.25) is 0 Å². The summed E-state index contributed by atoms with van der Waals surface area (Å²) in [6.45, 7) is 4.87. The lowest BCUT2D eigenvalue weighted by Gasteiger charge is -2.42. The van der Waals surface area contributed by atoms with Gasteiger partial charge >= 0.3 is 0 Å². The third kappa shape index (κ3) is 2.85. The smallest absolute Gasteiger partial charge is 0.0417 e. The highest BCUT2D eigenvalue weighted by Crippen LogP contribution is 2.39. The van der Waals surface area contributed by atoms with Crippen molar-refractivity contribution < 1.29 is 0 Å². The van der Waals surface area contributed by atoms with Gasteiger partial charge in [-0.15, -0.1) is 0 Å². The molecular formula is C17H25NS. The molecular weight excluding hydrogens is 250 g/mol. The Balaban J connectivity index is 1.77. The second kappa shape index (κ2) is 5.49. The summed E-state index contributed by atoms with van der Waals surface area (Å²) in [5, 5.41) is 3.98. The molecule has 2 atom stereocenters. The van der Waals surface area contributed by atoms with Gasteiger partial charge in [0.1, 0.15) is 0 Å². The molecule has 1 heterocycles. The van der Waals surface area contributed by atoms with E-state index >= 15 is 0 Å². The molecule has 19 heavy (non-hydrogen) atoms. The van der Waals surface area contributed by atoms with Crippen LogP contribution < -0.4 is 5.32 Å². The Morgan fingerprint density at radius 1 is 1.21 bits per heavy atom. The van der Waals surface area contributed by atoms with Crippen molar-refractivity contribution in [3.05, 3.63) is 35.4 Å². The van der Waals surface area contributed by atoms with E-state index in [2.05, 4.69) is 55.2 Å². The highest BCUT2D eigenvalue weighted by atomic mass is 32.2. The van der Waals surface area contributed by atoms with E-state index in [0.29, 0.717) is 17.5 Å². The Morgan fingerprint density at radius 2 is 2.05 bits per heavy atom. The van der Waals surface area contributed by atoms with Gasteiger partial charge in [0.2, 0.25) is 0 Å². The number of nitrogens with one attached hydrogen (secondary N) is 1. The van der Waals surface area contributed by atoms with E-state index < -0.39 is 0 Å². The summed E-state index contributed by atoms with van der Waals surface area (Å²) in [6, 6.07) is 10.2. The fourth-order valence-corrected chi connectivity index (χ4v) is 4.68. The Kier molecular flexibility index (Phi) is 3.91. The summed E-state index contributed by atoms with van der Waals surface area (Å²) in [5.74, 6) is 2.41. The monoisotopic (exact) mass is 275 g/mol. The van der Waals surface area contributed by atoms with Gasteiger partial charge in [-0.3, -0.25) is 0 Å². The van der Waals surface area contributed by atoms with Crippen LogP contribution in [0.15, 0.2) is 24.3 Å². The van der Waals surface area contributed by atoms with Gasteiger partial charge < -0.3 is 5.32 Å². The van der Waals surface area contributed by atoms with Crippen LogP contribution in [0.4, 0.5) is 0 Å². The van der Waals surface area contributed by atoms with Crippen molar-refractivity contribution in [1.82, 2.24) is 5.32 Å². The zero-order valence-corrected chi connectivity index (χ0v) is 12.9. The van der Waals surface area contributed by atoms with Crippen molar-refractivity contribution in [2.24, 2.45) is 5.41 Å². The Morgan fingerprint density at radius 3 is 2.89 bits per heavy atom. The molecule has 1 aromatic carbocycles. The summed E-state index contributed by atoms with van der Waals surface area (Å²) < 4.78 is 0. The van der Waals surface area contributed by atoms with Crippen molar-refractivity contribution in [1.29, 1.82) is 0 Å². The van der Waals surface area contributed by atoms with E-state index in [9.17, 15) is 0 Å². The van der Waals surface area contributed by atoms with E-state index in [-0.39, 0.29) is 0 Å². The molecule has 0 radical (unpaired) electrons. The lowest BCUT2D eigenvalue weighted by atomic mass is 9.73. The van der Waals surface area contributed by atoms with Crippen LogP contribution in [0, 0.1) is 5.41 Å². The second-order valence-corrected chi connectivity index (χ2v) is 7.75. The molecule has 3 rings (SSSR count). The van der Waals surface area contributed by atoms with Gasteiger partial charge in [0, 0.05) is 23.6 Å². The molecule has 0 aromatic heterocycles. The number of hydrogen-bond donors (Lipinski definition) is 1. The van der Waals surface area contributed by atoms with Gasteiger partial charge in [-0.25, -0.2) is 0 Å². The van der Waals surface area contributed by atoms with Gasteiger partial charge in [-0.05, 0) is 29.4 Å². The van der Waals surface area contributed by atoms with Crippen LogP contribution in [0.3, 0.4) is 0 Å². The first kappa shape index (κ1) is 13.5. The maximum Gasteiger partial charge on any atom is 0.0417 e. The fourth-order valence-electron chi connectivity index (χ4n) is 3.57. The minimum atomic E-state index is 0.454. The largest absolute Gasteiger partial charge is 0.306 e. The lowest BCUT2D eigenvalue weighted by molar-refractivity contribution is 0.158. The first-order valence-electron chi connectivity index (χ1n) is 7.58. The predicted molar refractivity (Wildman–Crippen MR) is 84.5 cm³/mol. The van der Waals surface area contributed by atoms with Crippen LogP contribution in [0.1, 0.15) is 56.7 Å². The van der Waals surface area contributed by atoms with Gasteiger partial charge in [0.05, 0.1) is 0 Å². The highest BCUT2D eigenvalue weighted by Gasteiger charge is 2.34. The minimum Gasteiger partial charge on any atom is -0.306 e. The number of rotatable bonds is 2. The first-order chi connectivity index (χ1) is 9.17. The van der Waals surface area contributed by atoms with E-state index in [1.54, 1.807) is 5.56 Å². The molecule has 0 spiro atoms. The number of thioether (sulfide) groups is 1. The first-order valence-corrected chi connectivity index (χ1v) is 8.74. The van der Waals surface area contributed by atoms with Gasteiger partial charge in [0.15, 0.2) is 0 Å². The molecule has 0 saturated heterocycles. The molecule has 1 aromatic rings. The fraction of sp³-hybridized carbons (Fsp3) is 0.647. The summed E-state index contributed by atoms with van der Waals surface area (Å²) >= 11 is 2.07. The average Bonchev–Trinajstić information content (AvgIpc) is 2.41. The van der Waals surface area contributed by atoms with Crippen LogP contribution in [-0.4, -0.2) is 11.8 Å². The van der Waals surface area contributed by atoms with E-state index in [0.717, 1.165) is 0 Å². The Labute approximate surface area is 121 Å². The van der Waals surface area contributed by atoms with Gasteiger partial charge in [-0.1, -0.05) is 51.0 Å². The molecule has 2 heteroatoms. The van der Waals surface area contributed by atoms with Crippen molar-refractivity contribution in [3.8, 4) is 0 Å². The average molecular weight is 275 g/mol. The standard InChI is InChI=1S/C17H25NS/c1-17(2)10-6-5-9-16(17)18-15-12-19-11-13-7-3-4-8-14(13)15/h3-4,7-8,15-16,18H,5-6,9-12H2,1-2H3.